The van der Waals surface area contributed by atoms with Gasteiger partial charge in [-0.1, -0.05) is 0 Å². The predicted molar refractivity (Wildman–Crippen MR) is 39.8 cm³/mol. The van der Waals surface area contributed by atoms with E-state index in [4.69, 9.17) is 5.11 Å². The molecule has 10 heavy (non-hydrogen) atoms. The molecule has 2 heteroatoms. The highest BCUT2D eigenvalue weighted by atomic mass is 16.3. The Morgan fingerprint density at radius 2 is 1.60 bits per heavy atom. The summed E-state index contributed by atoms with van der Waals surface area (Å²) in [6, 6.07) is 1.69. The van der Waals surface area contributed by atoms with Crippen LogP contribution in [0.15, 0.2) is 0 Å². The molecule has 0 aromatic rings. The van der Waals surface area contributed by atoms with Gasteiger partial charge < -0.3 is 5.11 Å². The molecule has 58 valence electrons. The summed E-state index contributed by atoms with van der Waals surface area (Å²) in [5.74, 6) is 0. The molecule has 1 N–H and O–H groups in total. The second-order valence-electron chi connectivity index (χ2n) is 3.42. The molecule has 0 aromatic carbocycles. The molecule has 0 aliphatic heterocycles. The summed E-state index contributed by atoms with van der Waals surface area (Å²) in [7, 11) is 0. The monoisotopic (exact) mass is 141 g/mol. The van der Waals surface area contributed by atoms with Gasteiger partial charge in [-0.05, 0) is 25.7 Å². The molecule has 2 nitrogen and oxygen atoms in total. The van der Waals surface area contributed by atoms with Crippen molar-refractivity contribution in [2.45, 2.75) is 37.8 Å². The molecule has 0 amide bonds. The lowest BCUT2D eigenvalue weighted by Crippen LogP contribution is -2.31. The minimum absolute atomic E-state index is 0.340. The van der Waals surface area contributed by atoms with Crippen molar-refractivity contribution in [1.29, 1.82) is 0 Å². The normalized spacial score (nSPS) is 25.8. The minimum Gasteiger partial charge on any atom is -0.395 e. The van der Waals surface area contributed by atoms with Crippen LogP contribution >= 0.6 is 0 Å². The van der Waals surface area contributed by atoms with E-state index in [0.717, 1.165) is 18.6 Å². The van der Waals surface area contributed by atoms with E-state index >= 15 is 0 Å². The highest BCUT2D eigenvalue weighted by Gasteiger charge is 2.38. The fraction of sp³-hybridized carbons (Fsp3) is 1.00. The van der Waals surface area contributed by atoms with Crippen molar-refractivity contribution in [2.75, 3.05) is 13.2 Å². The highest BCUT2D eigenvalue weighted by Crippen LogP contribution is 2.36. The Balaban J connectivity index is 1.80. The topological polar surface area (TPSA) is 23.5 Å². The Labute approximate surface area is 61.8 Å². The minimum atomic E-state index is 0.340. The van der Waals surface area contributed by atoms with E-state index in [0.29, 0.717) is 6.61 Å². The summed E-state index contributed by atoms with van der Waals surface area (Å²) in [5, 5.41) is 8.75. The van der Waals surface area contributed by atoms with Gasteiger partial charge in [0, 0.05) is 18.6 Å². The lowest BCUT2D eigenvalue weighted by molar-refractivity contribution is 0.182. The van der Waals surface area contributed by atoms with E-state index in [2.05, 4.69) is 4.90 Å². The van der Waals surface area contributed by atoms with Crippen molar-refractivity contribution in [3.8, 4) is 0 Å². The average molecular weight is 141 g/mol. The molecule has 0 aromatic heterocycles. The molecular formula is C8H15NO. The third-order valence-electron chi connectivity index (χ3n) is 2.39. The molecule has 0 heterocycles. The first kappa shape index (κ1) is 6.62. The maximum absolute atomic E-state index is 8.75. The third kappa shape index (κ3) is 1.32. The molecule has 0 atom stereocenters. The number of aliphatic hydroxyl groups excluding tert-OH is 1. The number of nitrogens with zero attached hydrogens (tertiary/aromatic N) is 1. The van der Waals surface area contributed by atoms with Crippen LogP contribution in [-0.2, 0) is 0 Å². The van der Waals surface area contributed by atoms with Crippen LogP contribution in [0.25, 0.3) is 0 Å². The fourth-order valence-electron chi connectivity index (χ4n) is 1.59. The molecule has 0 radical (unpaired) electrons. The molecule has 2 aliphatic rings. The van der Waals surface area contributed by atoms with Crippen molar-refractivity contribution in [2.24, 2.45) is 0 Å². The maximum Gasteiger partial charge on any atom is 0.0558 e. The van der Waals surface area contributed by atoms with Gasteiger partial charge in [-0.15, -0.1) is 0 Å². The molecule has 2 saturated carbocycles. The van der Waals surface area contributed by atoms with Gasteiger partial charge >= 0.3 is 0 Å². The SMILES string of the molecule is OCCN(C1CC1)C1CC1. The summed E-state index contributed by atoms with van der Waals surface area (Å²) >= 11 is 0. The number of aliphatic hydroxyl groups is 1. The van der Waals surface area contributed by atoms with E-state index in [1.165, 1.54) is 25.7 Å². The van der Waals surface area contributed by atoms with Crippen LogP contribution in [0.2, 0.25) is 0 Å². The Morgan fingerprint density at radius 1 is 1.10 bits per heavy atom. The van der Waals surface area contributed by atoms with E-state index in [1.54, 1.807) is 0 Å². The van der Waals surface area contributed by atoms with Crippen LogP contribution in [0.4, 0.5) is 0 Å². The smallest absolute Gasteiger partial charge is 0.0558 e. The van der Waals surface area contributed by atoms with Crippen molar-refractivity contribution >= 4 is 0 Å². The number of hydrogen-bond acceptors (Lipinski definition) is 2. The van der Waals surface area contributed by atoms with Crippen molar-refractivity contribution in [3.05, 3.63) is 0 Å². The van der Waals surface area contributed by atoms with Gasteiger partial charge in [0.15, 0.2) is 0 Å². The third-order valence-corrected chi connectivity index (χ3v) is 2.39. The van der Waals surface area contributed by atoms with Gasteiger partial charge in [-0.2, -0.15) is 0 Å². The number of hydrogen-bond donors (Lipinski definition) is 1. The Hall–Kier alpha value is -0.0800. The second-order valence-corrected chi connectivity index (χ2v) is 3.42. The zero-order valence-electron chi connectivity index (χ0n) is 6.29. The molecule has 0 unspecified atom stereocenters. The Kier molecular flexibility index (Phi) is 1.66. The van der Waals surface area contributed by atoms with E-state index in [1.807, 2.05) is 0 Å². The predicted octanol–water partition coefficient (Wildman–Crippen LogP) is 0.605. The van der Waals surface area contributed by atoms with Gasteiger partial charge in [-0.3, -0.25) is 4.90 Å². The first-order chi connectivity index (χ1) is 4.92. The van der Waals surface area contributed by atoms with Crippen LogP contribution in [0.3, 0.4) is 0 Å². The summed E-state index contributed by atoms with van der Waals surface area (Å²) in [6.07, 6.45) is 5.49. The van der Waals surface area contributed by atoms with Crippen molar-refractivity contribution in [3.63, 3.8) is 0 Å². The fourth-order valence-corrected chi connectivity index (χ4v) is 1.59. The van der Waals surface area contributed by atoms with Crippen LogP contribution in [-0.4, -0.2) is 35.2 Å². The van der Waals surface area contributed by atoms with Crippen molar-refractivity contribution in [1.82, 2.24) is 4.90 Å². The average Bonchev–Trinajstić information content (AvgIpc) is 2.77. The molecule has 0 bridgehead atoms. The zero-order valence-corrected chi connectivity index (χ0v) is 6.29. The summed E-state index contributed by atoms with van der Waals surface area (Å²) < 4.78 is 0. The van der Waals surface area contributed by atoms with Crippen molar-refractivity contribution < 1.29 is 5.11 Å². The Bertz CT molecular complexity index is 106. The van der Waals surface area contributed by atoms with E-state index < -0.39 is 0 Å². The van der Waals surface area contributed by atoms with Crippen LogP contribution in [0, 0.1) is 0 Å². The van der Waals surface area contributed by atoms with Gasteiger partial charge in [0.05, 0.1) is 6.61 Å². The van der Waals surface area contributed by atoms with Gasteiger partial charge in [0.1, 0.15) is 0 Å². The quantitative estimate of drug-likeness (QED) is 0.620. The lowest BCUT2D eigenvalue weighted by atomic mass is 10.4. The lowest BCUT2D eigenvalue weighted by Gasteiger charge is -2.19. The molecular weight excluding hydrogens is 126 g/mol. The van der Waals surface area contributed by atoms with Crippen LogP contribution < -0.4 is 0 Å². The van der Waals surface area contributed by atoms with E-state index in [9.17, 15) is 0 Å². The van der Waals surface area contributed by atoms with Gasteiger partial charge in [0.25, 0.3) is 0 Å². The molecule has 2 fully saturated rings. The van der Waals surface area contributed by atoms with Crippen LogP contribution in [0.1, 0.15) is 25.7 Å². The Morgan fingerprint density at radius 3 is 1.90 bits per heavy atom. The molecule has 0 spiro atoms. The second kappa shape index (κ2) is 2.51. The van der Waals surface area contributed by atoms with Crippen LogP contribution in [0.5, 0.6) is 0 Å². The maximum atomic E-state index is 8.75. The first-order valence-electron chi connectivity index (χ1n) is 4.28. The largest absolute Gasteiger partial charge is 0.395 e. The first-order valence-corrected chi connectivity index (χ1v) is 4.28. The summed E-state index contributed by atoms with van der Waals surface area (Å²) in [6.45, 7) is 1.25. The molecule has 2 rings (SSSR count). The summed E-state index contributed by atoms with van der Waals surface area (Å²) in [4.78, 5) is 2.49. The summed E-state index contributed by atoms with van der Waals surface area (Å²) in [5.41, 5.74) is 0. The zero-order chi connectivity index (χ0) is 6.97. The van der Waals surface area contributed by atoms with Gasteiger partial charge in [-0.25, -0.2) is 0 Å². The van der Waals surface area contributed by atoms with Gasteiger partial charge in [0.2, 0.25) is 0 Å². The molecule has 2 aliphatic carbocycles. The number of rotatable bonds is 4. The van der Waals surface area contributed by atoms with E-state index in [-0.39, 0.29) is 0 Å². The highest BCUT2D eigenvalue weighted by molar-refractivity contribution is 4.94. The standard InChI is InChI=1S/C8H15NO/c10-6-5-9(7-1-2-7)8-3-4-8/h7-8,10H,1-6H2. The molecule has 0 saturated heterocycles.